The Hall–Kier alpha value is -1.32. The number of nitrogens with one attached hydrogen (secondary N) is 1. The van der Waals surface area contributed by atoms with Crippen LogP contribution in [-0.2, 0) is 9.59 Å². The second kappa shape index (κ2) is 6.73. The largest absolute Gasteiger partial charge is 0.356 e. The van der Waals surface area contributed by atoms with Gasteiger partial charge in [0.05, 0.1) is 11.8 Å². The van der Waals surface area contributed by atoms with Crippen LogP contribution in [-0.4, -0.2) is 36.3 Å². The number of allylic oxidation sites excluding steroid dienone is 2. The van der Waals surface area contributed by atoms with Crippen molar-refractivity contribution in [1.29, 1.82) is 0 Å². The van der Waals surface area contributed by atoms with Crippen molar-refractivity contribution in [2.45, 2.75) is 39.0 Å². The van der Waals surface area contributed by atoms with Crippen molar-refractivity contribution in [3.8, 4) is 0 Å². The number of amides is 2. The van der Waals surface area contributed by atoms with E-state index in [-0.39, 0.29) is 23.7 Å². The van der Waals surface area contributed by atoms with Crippen LogP contribution >= 0.6 is 0 Å². The minimum Gasteiger partial charge on any atom is -0.356 e. The summed E-state index contributed by atoms with van der Waals surface area (Å²) < 4.78 is 0. The third kappa shape index (κ3) is 3.37. The smallest absolute Gasteiger partial charge is 0.226 e. The maximum Gasteiger partial charge on any atom is 0.226 e. The van der Waals surface area contributed by atoms with Gasteiger partial charge in [-0.1, -0.05) is 12.2 Å². The monoisotopic (exact) mass is 264 g/mol. The quantitative estimate of drug-likeness (QED) is 0.789. The molecule has 2 atom stereocenters. The lowest BCUT2D eigenvalue weighted by Gasteiger charge is -2.34. The van der Waals surface area contributed by atoms with Gasteiger partial charge in [-0.2, -0.15) is 0 Å². The van der Waals surface area contributed by atoms with E-state index in [4.69, 9.17) is 0 Å². The van der Waals surface area contributed by atoms with Crippen molar-refractivity contribution < 1.29 is 9.59 Å². The molecule has 1 aliphatic carbocycles. The number of carbonyl (C=O) groups is 2. The fourth-order valence-electron chi connectivity index (χ4n) is 3.03. The number of carbonyl (C=O) groups excluding carboxylic acids is 2. The Labute approximate surface area is 115 Å². The lowest BCUT2D eigenvalue weighted by Crippen LogP contribution is -2.46. The molecular weight excluding hydrogens is 240 g/mol. The normalized spacial score (nSPS) is 27.1. The summed E-state index contributed by atoms with van der Waals surface area (Å²) in [5.74, 6) is -0.128. The van der Waals surface area contributed by atoms with E-state index in [1.54, 1.807) is 0 Å². The van der Waals surface area contributed by atoms with E-state index in [0.717, 1.165) is 25.9 Å². The van der Waals surface area contributed by atoms with Gasteiger partial charge in [0.15, 0.2) is 0 Å². The summed E-state index contributed by atoms with van der Waals surface area (Å²) in [5.41, 5.74) is 0. The molecule has 0 unspecified atom stereocenters. The first kappa shape index (κ1) is 14.1. The highest BCUT2D eigenvalue weighted by Gasteiger charge is 2.36. The SMILES string of the molecule is CCNC(=O)[C@@H]1CC=CC[C@H]1C(=O)N1CCCCC1. The van der Waals surface area contributed by atoms with Gasteiger partial charge < -0.3 is 10.2 Å². The van der Waals surface area contributed by atoms with E-state index in [1.165, 1.54) is 6.42 Å². The number of hydrogen-bond donors (Lipinski definition) is 1. The molecule has 2 aliphatic rings. The molecule has 19 heavy (non-hydrogen) atoms. The average Bonchev–Trinajstić information content (AvgIpc) is 2.47. The van der Waals surface area contributed by atoms with Crippen molar-refractivity contribution in [3.63, 3.8) is 0 Å². The number of hydrogen-bond acceptors (Lipinski definition) is 2. The number of likely N-dealkylation sites (tertiary alicyclic amines) is 1. The Bertz CT molecular complexity index is 359. The molecule has 2 amide bonds. The van der Waals surface area contributed by atoms with Crippen LogP contribution in [0, 0.1) is 11.8 Å². The van der Waals surface area contributed by atoms with E-state index in [0.29, 0.717) is 19.4 Å². The van der Waals surface area contributed by atoms with Gasteiger partial charge in [-0.05, 0) is 39.0 Å². The molecule has 2 rings (SSSR count). The van der Waals surface area contributed by atoms with Gasteiger partial charge >= 0.3 is 0 Å². The molecule has 0 saturated carbocycles. The summed E-state index contributed by atoms with van der Waals surface area (Å²) >= 11 is 0. The van der Waals surface area contributed by atoms with Crippen LogP contribution < -0.4 is 5.32 Å². The predicted molar refractivity (Wildman–Crippen MR) is 74.5 cm³/mol. The van der Waals surface area contributed by atoms with Crippen molar-refractivity contribution in [3.05, 3.63) is 12.2 Å². The third-order valence-corrected chi connectivity index (χ3v) is 4.11. The van der Waals surface area contributed by atoms with Gasteiger partial charge in [0.2, 0.25) is 11.8 Å². The zero-order chi connectivity index (χ0) is 13.7. The number of piperidine rings is 1. The first-order valence-corrected chi connectivity index (χ1v) is 7.45. The van der Waals surface area contributed by atoms with Crippen LogP contribution in [0.3, 0.4) is 0 Å². The van der Waals surface area contributed by atoms with Gasteiger partial charge in [-0.15, -0.1) is 0 Å². The highest BCUT2D eigenvalue weighted by molar-refractivity contribution is 5.88. The Morgan fingerprint density at radius 1 is 1.11 bits per heavy atom. The topological polar surface area (TPSA) is 49.4 Å². The molecule has 0 aromatic rings. The third-order valence-electron chi connectivity index (χ3n) is 4.11. The van der Waals surface area contributed by atoms with E-state index in [1.807, 2.05) is 24.0 Å². The maximum absolute atomic E-state index is 12.6. The van der Waals surface area contributed by atoms with Crippen molar-refractivity contribution in [2.24, 2.45) is 11.8 Å². The zero-order valence-corrected chi connectivity index (χ0v) is 11.7. The summed E-state index contributed by atoms with van der Waals surface area (Å²) in [6, 6.07) is 0. The molecule has 0 aromatic heterocycles. The molecule has 0 radical (unpaired) electrons. The summed E-state index contributed by atoms with van der Waals surface area (Å²) in [6.07, 6.45) is 8.88. The average molecular weight is 264 g/mol. The molecule has 1 saturated heterocycles. The van der Waals surface area contributed by atoms with Crippen LogP contribution in [0.5, 0.6) is 0 Å². The van der Waals surface area contributed by atoms with Gasteiger partial charge in [0, 0.05) is 19.6 Å². The molecule has 1 N–H and O–H groups in total. The molecule has 1 aliphatic heterocycles. The molecule has 4 nitrogen and oxygen atoms in total. The summed E-state index contributed by atoms with van der Waals surface area (Å²) in [6.45, 7) is 4.27. The fraction of sp³-hybridized carbons (Fsp3) is 0.733. The van der Waals surface area contributed by atoms with E-state index >= 15 is 0 Å². The lowest BCUT2D eigenvalue weighted by atomic mass is 9.81. The van der Waals surface area contributed by atoms with Crippen LogP contribution in [0.2, 0.25) is 0 Å². The van der Waals surface area contributed by atoms with E-state index in [2.05, 4.69) is 5.32 Å². The van der Waals surface area contributed by atoms with Crippen LogP contribution in [0.1, 0.15) is 39.0 Å². The minimum atomic E-state index is -0.181. The molecule has 1 heterocycles. The first-order valence-electron chi connectivity index (χ1n) is 7.45. The molecule has 4 heteroatoms. The van der Waals surface area contributed by atoms with Crippen LogP contribution in [0.15, 0.2) is 12.2 Å². The molecule has 0 bridgehead atoms. The Morgan fingerprint density at radius 2 is 1.74 bits per heavy atom. The Balaban J connectivity index is 2.04. The highest BCUT2D eigenvalue weighted by Crippen LogP contribution is 2.28. The highest BCUT2D eigenvalue weighted by atomic mass is 16.2. The molecular formula is C15H24N2O2. The number of nitrogens with zero attached hydrogens (tertiary/aromatic N) is 1. The first-order chi connectivity index (χ1) is 9.24. The second-order valence-electron chi connectivity index (χ2n) is 5.44. The van der Waals surface area contributed by atoms with Gasteiger partial charge in [0.1, 0.15) is 0 Å². The van der Waals surface area contributed by atoms with Crippen molar-refractivity contribution in [1.82, 2.24) is 10.2 Å². The standard InChI is InChI=1S/C15H24N2O2/c1-2-16-14(18)12-8-4-5-9-13(12)15(19)17-10-6-3-7-11-17/h4-5,12-13H,2-3,6-11H2,1H3,(H,16,18)/t12-,13-/m1/s1. The van der Waals surface area contributed by atoms with Crippen molar-refractivity contribution in [2.75, 3.05) is 19.6 Å². The Kier molecular flexibility index (Phi) is 5.00. The Morgan fingerprint density at radius 3 is 2.37 bits per heavy atom. The molecule has 0 spiro atoms. The van der Waals surface area contributed by atoms with Gasteiger partial charge in [0.25, 0.3) is 0 Å². The van der Waals surface area contributed by atoms with E-state index in [9.17, 15) is 9.59 Å². The molecule has 0 aromatic carbocycles. The van der Waals surface area contributed by atoms with Crippen LogP contribution in [0.4, 0.5) is 0 Å². The summed E-state index contributed by atoms with van der Waals surface area (Å²) in [5, 5.41) is 2.86. The second-order valence-corrected chi connectivity index (χ2v) is 5.44. The van der Waals surface area contributed by atoms with Crippen LogP contribution in [0.25, 0.3) is 0 Å². The zero-order valence-electron chi connectivity index (χ0n) is 11.7. The fourth-order valence-corrected chi connectivity index (χ4v) is 3.03. The molecule has 106 valence electrons. The lowest BCUT2D eigenvalue weighted by molar-refractivity contribution is -0.142. The predicted octanol–water partition coefficient (Wildman–Crippen LogP) is 1.72. The van der Waals surface area contributed by atoms with Crippen molar-refractivity contribution >= 4 is 11.8 Å². The number of rotatable bonds is 3. The summed E-state index contributed by atoms with van der Waals surface area (Å²) in [4.78, 5) is 26.6. The van der Waals surface area contributed by atoms with E-state index < -0.39 is 0 Å². The molecule has 1 fully saturated rings. The van der Waals surface area contributed by atoms with Gasteiger partial charge in [-0.3, -0.25) is 9.59 Å². The summed E-state index contributed by atoms with van der Waals surface area (Å²) in [7, 11) is 0. The maximum atomic E-state index is 12.6. The minimum absolute atomic E-state index is 0.0298. The van der Waals surface area contributed by atoms with Gasteiger partial charge in [-0.25, -0.2) is 0 Å².